The monoisotopic (exact) mass is 445 g/mol. The van der Waals surface area contributed by atoms with Gasteiger partial charge in [0.1, 0.15) is 5.60 Å². The van der Waals surface area contributed by atoms with Crippen molar-refractivity contribution in [2.24, 2.45) is 0 Å². The van der Waals surface area contributed by atoms with E-state index in [1.165, 1.54) is 4.90 Å². The third-order valence-electron chi connectivity index (χ3n) is 1.33. The van der Waals surface area contributed by atoms with Crippen LogP contribution in [-0.2, 0) is 4.74 Å². The van der Waals surface area contributed by atoms with Gasteiger partial charge in [0, 0.05) is 45.2 Å². The average molecular weight is 445 g/mol. The zero-order chi connectivity index (χ0) is 12.6. The fraction of sp³-hybridized carbons (Fsp3) is 0.545. The molecule has 0 aromatic rings. The highest BCUT2D eigenvalue weighted by molar-refractivity contribution is 14.1. The first-order valence-electron chi connectivity index (χ1n) is 4.55. The zero-order valence-electron chi connectivity index (χ0n) is 9.43. The molecular weight excluding hydrogens is 432 g/mol. The Hall–Kier alpha value is -0.150. The van der Waals surface area contributed by atoms with Gasteiger partial charge < -0.3 is 4.74 Å². The van der Waals surface area contributed by atoms with Gasteiger partial charge in [-0.15, -0.1) is 0 Å². The van der Waals surface area contributed by atoms with Crippen molar-refractivity contribution in [2.45, 2.75) is 26.4 Å². The SMILES string of the molecule is CC(C)(C)OC(=O)N(CC#CI)CC#CI. The molecule has 5 heteroatoms. The Bertz CT molecular complexity index is 330. The van der Waals surface area contributed by atoms with Crippen LogP contribution in [0, 0.1) is 19.7 Å². The maximum Gasteiger partial charge on any atom is 0.411 e. The van der Waals surface area contributed by atoms with Gasteiger partial charge in [0.25, 0.3) is 0 Å². The Morgan fingerprint density at radius 1 is 1.19 bits per heavy atom. The van der Waals surface area contributed by atoms with Gasteiger partial charge in [0.2, 0.25) is 0 Å². The van der Waals surface area contributed by atoms with Crippen LogP contribution in [0.3, 0.4) is 0 Å². The molecule has 0 aromatic heterocycles. The summed E-state index contributed by atoms with van der Waals surface area (Å²) in [6.07, 6.45) is -0.384. The Morgan fingerprint density at radius 3 is 1.94 bits per heavy atom. The molecule has 0 fully saturated rings. The predicted octanol–water partition coefficient (Wildman–Crippen LogP) is 3.02. The van der Waals surface area contributed by atoms with Crippen molar-refractivity contribution in [3.63, 3.8) is 0 Å². The summed E-state index contributed by atoms with van der Waals surface area (Å²) in [6.45, 7) is 6.16. The highest BCUT2D eigenvalue weighted by atomic mass is 127. The van der Waals surface area contributed by atoms with Crippen molar-refractivity contribution in [3.05, 3.63) is 0 Å². The summed E-state index contributed by atoms with van der Waals surface area (Å²) >= 11 is 3.87. The van der Waals surface area contributed by atoms with Crippen LogP contribution in [0.25, 0.3) is 0 Å². The maximum absolute atomic E-state index is 11.7. The van der Waals surface area contributed by atoms with Gasteiger partial charge in [-0.05, 0) is 28.6 Å². The lowest BCUT2D eigenvalue weighted by Gasteiger charge is -2.24. The van der Waals surface area contributed by atoms with Gasteiger partial charge in [-0.3, -0.25) is 4.90 Å². The summed E-state index contributed by atoms with van der Waals surface area (Å²) in [7, 11) is 0. The molecule has 0 heterocycles. The van der Waals surface area contributed by atoms with E-state index in [-0.39, 0.29) is 6.09 Å². The van der Waals surface area contributed by atoms with E-state index in [1.54, 1.807) is 0 Å². The summed E-state index contributed by atoms with van der Waals surface area (Å²) in [5.74, 6) is 5.63. The number of ether oxygens (including phenoxy) is 1. The van der Waals surface area contributed by atoms with Gasteiger partial charge >= 0.3 is 6.09 Å². The zero-order valence-corrected chi connectivity index (χ0v) is 13.7. The number of rotatable bonds is 2. The number of carbonyl (C=O) groups excluding carboxylic acids is 1. The van der Waals surface area contributed by atoms with Crippen LogP contribution in [-0.4, -0.2) is 29.7 Å². The number of carbonyl (C=O) groups is 1. The van der Waals surface area contributed by atoms with Crippen molar-refractivity contribution in [1.82, 2.24) is 4.90 Å². The minimum Gasteiger partial charge on any atom is -0.444 e. The smallest absolute Gasteiger partial charge is 0.411 e. The van der Waals surface area contributed by atoms with E-state index in [1.807, 2.05) is 66.0 Å². The van der Waals surface area contributed by atoms with Gasteiger partial charge in [-0.25, -0.2) is 4.79 Å². The average Bonchev–Trinajstić information content (AvgIpc) is 2.15. The first kappa shape index (κ1) is 15.9. The number of nitrogens with zero attached hydrogens (tertiary/aromatic N) is 1. The van der Waals surface area contributed by atoms with Crippen molar-refractivity contribution in [1.29, 1.82) is 0 Å². The quantitative estimate of drug-likeness (QED) is 0.484. The second-order valence-corrected chi connectivity index (χ2v) is 4.96. The molecule has 0 N–H and O–H groups in total. The topological polar surface area (TPSA) is 29.5 Å². The third kappa shape index (κ3) is 8.05. The molecule has 0 saturated carbocycles. The van der Waals surface area contributed by atoms with E-state index >= 15 is 0 Å². The Labute approximate surface area is 124 Å². The highest BCUT2D eigenvalue weighted by Crippen LogP contribution is 2.09. The van der Waals surface area contributed by atoms with Gasteiger partial charge in [0.05, 0.1) is 13.1 Å². The normalized spacial score (nSPS) is 9.31. The molecule has 0 aromatic carbocycles. The van der Waals surface area contributed by atoms with Gasteiger partial charge in [-0.1, -0.05) is 11.8 Å². The summed E-state index contributed by atoms with van der Waals surface area (Å²) in [4.78, 5) is 13.2. The summed E-state index contributed by atoms with van der Waals surface area (Å²) in [6, 6.07) is 0. The van der Waals surface area contributed by atoms with Crippen LogP contribution in [0.15, 0.2) is 0 Å². The van der Waals surface area contributed by atoms with Crippen LogP contribution < -0.4 is 0 Å². The Balaban J connectivity index is 4.51. The van der Waals surface area contributed by atoms with E-state index in [9.17, 15) is 4.79 Å². The molecule has 16 heavy (non-hydrogen) atoms. The van der Waals surface area contributed by atoms with E-state index < -0.39 is 5.60 Å². The summed E-state index contributed by atoms with van der Waals surface area (Å²) < 4.78 is 10.7. The van der Waals surface area contributed by atoms with Crippen molar-refractivity contribution in [3.8, 4) is 19.7 Å². The molecule has 3 nitrogen and oxygen atoms in total. The molecule has 0 atom stereocenters. The molecule has 1 amide bonds. The molecule has 0 aliphatic heterocycles. The largest absolute Gasteiger partial charge is 0.444 e. The molecular formula is C11H13I2NO2. The lowest BCUT2D eigenvalue weighted by Crippen LogP contribution is -2.37. The van der Waals surface area contributed by atoms with E-state index in [2.05, 4.69) is 19.7 Å². The fourth-order valence-corrected chi connectivity index (χ4v) is 1.10. The maximum atomic E-state index is 11.7. The van der Waals surface area contributed by atoms with Gasteiger partial charge in [0.15, 0.2) is 0 Å². The van der Waals surface area contributed by atoms with Crippen LogP contribution >= 0.6 is 45.2 Å². The van der Waals surface area contributed by atoms with Crippen LogP contribution in [0.4, 0.5) is 4.79 Å². The molecule has 0 bridgehead atoms. The molecule has 0 saturated heterocycles. The van der Waals surface area contributed by atoms with Crippen molar-refractivity contribution >= 4 is 51.3 Å². The first-order chi connectivity index (χ1) is 7.40. The van der Waals surface area contributed by atoms with Crippen LogP contribution in [0.5, 0.6) is 0 Å². The first-order valence-corrected chi connectivity index (χ1v) is 6.71. The van der Waals surface area contributed by atoms with Gasteiger partial charge in [-0.2, -0.15) is 0 Å². The molecule has 0 rings (SSSR count). The highest BCUT2D eigenvalue weighted by Gasteiger charge is 2.20. The predicted molar refractivity (Wildman–Crippen MR) is 81.4 cm³/mol. The minimum atomic E-state index is -0.495. The number of halogens is 2. The minimum absolute atomic E-state index is 0.336. The van der Waals surface area contributed by atoms with E-state index in [0.29, 0.717) is 13.1 Å². The van der Waals surface area contributed by atoms with Crippen LogP contribution in [0.2, 0.25) is 0 Å². The Morgan fingerprint density at radius 2 is 1.62 bits per heavy atom. The Kier molecular flexibility index (Phi) is 7.94. The van der Waals surface area contributed by atoms with E-state index in [0.717, 1.165) is 0 Å². The molecule has 0 radical (unpaired) electrons. The second-order valence-electron chi connectivity index (χ2n) is 3.88. The molecule has 0 aliphatic carbocycles. The standard InChI is InChI=1S/C11H13I2NO2/c1-11(2,3)16-10(15)14(8-4-6-12)9-5-7-13/h8-9H2,1-3H3. The molecule has 0 unspecified atom stereocenters. The third-order valence-corrected chi connectivity index (χ3v) is 2.09. The summed E-state index contributed by atoms with van der Waals surface area (Å²) in [5, 5.41) is 0. The number of amides is 1. The van der Waals surface area contributed by atoms with Crippen LogP contribution in [0.1, 0.15) is 20.8 Å². The number of hydrogen-bond acceptors (Lipinski definition) is 2. The second kappa shape index (κ2) is 8.02. The molecule has 0 spiro atoms. The van der Waals surface area contributed by atoms with E-state index in [4.69, 9.17) is 4.74 Å². The lowest BCUT2D eigenvalue weighted by atomic mass is 10.2. The van der Waals surface area contributed by atoms with Crippen molar-refractivity contribution in [2.75, 3.05) is 13.1 Å². The van der Waals surface area contributed by atoms with Crippen molar-refractivity contribution < 1.29 is 9.53 Å². The number of hydrogen-bond donors (Lipinski definition) is 0. The molecule has 88 valence electrons. The fourth-order valence-electron chi connectivity index (χ4n) is 0.762. The molecule has 0 aliphatic rings. The lowest BCUT2D eigenvalue weighted by molar-refractivity contribution is 0.0299. The summed E-state index contributed by atoms with van der Waals surface area (Å²) in [5.41, 5.74) is -0.495.